The number of nitrogen functional groups attached to an aromatic ring is 1. The van der Waals surface area contributed by atoms with E-state index in [-0.39, 0.29) is 17.8 Å². The first-order chi connectivity index (χ1) is 14.1. The highest BCUT2D eigenvalue weighted by Gasteiger charge is 2.21. The average Bonchev–Trinajstić information content (AvgIpc) is 3.11. The van der Waals surface area contributed by atoms with E-state index >= 15 is 0 Å². The van der Waals surface area contributed by atoms with E-state index in [0.717, 1.165) is 16.9 Å². The first kappa shape index (κ1) is 19.1. The normalized spacial score (nSPS) is 15.1. The summed E-state index contributed by atoms with van der Waals surface area (Å²) in [5.41, 5.74) is 2.02. The van der Waals surface area contributed by atoms with Crippen LogP contribution in [0.4, 0.5) is 0 Å². The molecule has 0 saturated carbocycles. The largest absolute Gasteiger partial charge is 0.486 e. The molecule has 0 radical (unpaired) electrons. The molecule has 0 bridgehead atoms. The SMILES string of the molecule is Cc1ccc(-c2nnc(SCC(=O)NC[C@H]3COc4ccccc4O3)n2N)cc1. The molecular weight excluding hydrogens is 390 g/mol. The number of hydrogen-bond donors (Lipinski definition) is 2. The number of amides is 1. The van der Waals surface area contributed by atoms with E-state index in [2.05, 4.69) is 15.5 Å². The van der Waals surface area contributed by atoms with Crippen molar-refractivity contribution in [1.29, 1.82) is 0 Å². The van der Waals surface area contributed by atoms with E-state index in [1.54, 1.807) is 0 Å². The summed E-state index contributed by atoms with van der Waals surface area (Å²) >= 11 is 1.23. The molecule has 1 amide bonds. The molecule has 1 aliphatic rings. The maximum atomic E-state index is 12.2. The molecule has 3 N–H and O–H groups in total. The van der Waals surface area contributed by atoms with Gasteiger partial charge in [-0.05, 0) is 19.1 Å². The second kappa shape index (κ2) is 8.44. The number of ether oxygens (including phenoxy) is 2. The molecule has 8 nitrogen and oxygen atoms in total. The van der Waals surface area contributed by atoms with E-state index in [9.17, 15) is 4.79 Å². The van der Waals surface area contributed by atoms with Crippen LogP contribution >= 0.6 is 11.8 Å². The highest BCUT2D eigenvalue weighted by Crippen LogP contribution is 2.30. The fourth-order valence-corrected chi connectivity index (χ4v) is 3.53. The van der Waals surface area contributed by atoms with Gasteiger partial charge in [-0.15, -0.1) is 10.2 Å². The van der Waals surface area contributed by atoms with Crippen LogP contribution < -0.4 is 20.6 Å². The van der Waals surface area contributed by atoms with Crippen LogP contribution in [0.3, 0.4) is 0 Å². The third-order valence-electron chi connectivity index (χ3n) is 4.40. The molecule has 0 fully saturated rings. The van der Waals surface area contributed by atoms with Crippen LogP contribution in [0.1, 0.15) is 5.56 Å². The van der Waals surface area contributed by atoms with Gasteiger partial charge in [0.25, 0.3) is 0 Å². The van der Waals surface area contributed by atoms with Crippen LogP contribution in [0.2, 0.25) is 0 Å². The van der Waals surface area contributed by atoms with Crippen molar-refractivity contribution in [1.82, 2.24) is 20.2 Å². The van der Waals surface area contributed by atoms with Gasteiger partial charge >= 0.3 is 0 Å². The molecule has 29 heavy (non-hydrogen) atoms. The highest BCUT2D eigenvalue weighted by molar-refractivity contribution is 7.99. The zero-order chi connectivity index (χ0) is 20.2. The number of aryl methyl sites for hydroxylation is 1. The number of benzene rings is 2. The van der Waals surface area contributed by atoms with Crippen LogP contribution in [0.15, 0.2) is 53.7 Å². The molecule has 4 rings (SSSR count). The molecule has 0 spiro atoms. The summed E-state index contributed by atoms with van der Waals surface area (Å²) in [6.07, 6.45) is -0.231. The van der Waals surface area contributed by atoms with Crippen molar-refractivity contribution >= 4 is 17.7 Å². The lowest BCUT2D eigenvalue weighted by atomic mass is 10.1. The Bertz CT molecular complexity index is 1010. The second-order valence-electron chi connectivity index (χ2n) is 6.63. The van der Waals surface area contributed by atoms with Crippen molar-refractivity contribution in [2.75, 3.05) is 24.7 Å². The number of hydrogen-bond acceptors (Lipinski definition) is 7. The molecule has 3 aromatic rings. The first-order valence-electron chi connectivity index (χ1n) is 9.15. The Kier molecular flexibility index (Phi) is 5.57. The minimum atomic E-state index is -0.231. The van der Waals surface area contributed by atoms with Gasteiger partial charge in [0.1, 0.15) is 12.7 Å². The Hall–Kier alpha value is -3.20. The standard InChI is InChI=1S/C20H21N5O3S/c1-13-6-8-14(9-7-13)19-23-24-20(25(19)21)29-12-18(26)22-10-15-11-27-16-4-2-3-5-17(16)28-15/h2-9,15H,10-12,21H2,1H3,(H,22,26)/t15-/m0/s1. The van der Waals surface area contributed by atoms with Gasteiger partial charge in [-0.1, -0.05) is 53.7 Å². The van der Waals surface area contributed by atoms with Gasteiger partial charge in [-0.2, -0.15) is 0 Å². The minimum Gasteiger partial charge on any atom is -0.486 e. The molecule has 1 aliphatic heterocycles. The number of carbonyl (C=O) groups is 1. The van der Waals surface area contributed by atoms with Crippen molar-refractivity contribution in [2.45, 2.75) is 18.2 Å². The number of nitrogens with two attached hydrogens (primary N) is 1. The highest BCUT2D eigenvalue weighted by atomic mass is 32.2. The van der Waals surface area contributed by atoms with Gasteiger partial charge in [0, 0.05) is 5.56 Å². The topological polar surface area (TPSA) is 104 Å². The van der Waals surface area contributed by atoms with E-state index in [4.69, 9.17) is 15.3 Å². The summed E-state index contributed by atoms with van der Waals surface area (Å²) in [6.45, 7) is 2.76. The maximum Gasteiger partial charge on any atom is 0.230 e. The van der Waals surface area contributed by atoms with Crippen LogP contribution in [0.25, 0.3) is 11.4 Å². The van der Waals surface area contributed by atoms with Crippen LogP contribution in [-0.4, -0.2) is 45.8 Å². The Balaban J connectivity index is 1.28. The quantitative estimate of drug-likeness (QED) is 0.472. The van der Waals surface area contributed by atoms with Gasteiger partial charge in [-0.3, -0.25) is 4.79 Å². The van der Waals surface area contributed by atoms with Crippen LogP contribution in [0, 0.1) is 6.92 Å². The maximum absolute atomic E-state index is 12.2. The van der Waals surface area contributed by atoms with Crippen LogP contribution in [-0.2, 0) is 4.79 Å². The fourth-order valence-electron chi connectivity index (χ4n) is 2.85. The molecule has 9 heteroatoms. The summed E-state index contributed by atoms with van der Waals surface area (Å²) in [6, 6.07) is 15.3. The molecule has 2 heterocycles. The van der Waals surface area contributed by atoms with Gasteiger partial charge in [-0.25, -0.2) is 4.68 Å². The predicted molar refractivity (Wildman–Crippen MR) is 110 cm³/mol. The number of fused-ring (bicyclic) bond motifs is 1. The lowest BCUT2D eigenvalue weighted by Crippen LogP contribution is -2.41. The number of aromatic nitrogens is 3. The van der Waals surface area contributed by atoms with Gasteiger partial charge in [0.2, 0.25) is 11.1 Å². The molecule has 1 atom stereocenters. The summed E-state index contributed by atoms with van der Waals surface area (Å²) in [7, 11) is 0. The number of nitrogens with zero attached hydrogens (tertiary/aromatic N) is 3. The predicted octanol–water partition coefficient (Wildman–Crippen LogP) is 2.02. The number of thioether (sulfide) groups is 1. The molecule has 0 saturated heterocycles. The third kappa shape index (κ3) is 4.45. The molecule has 0 aliphatic carbocycles. The van der Waals surface area contributed by atoms with Gasteiger partial charge < -0.3 is 20.6 Å². The average molecular weight is 411 g/mol. The smallest absolute Gasteiger partial charge is 0.230 e. The summed E-state index contributed by atoms with van der Waals surface area (Å²) in [5, 5.41) is 11.5. The van der Waals surface area contributed by atoms with Crippen molar-refractivity contribution < 1.29 is 14.3 Å². The fraction of sp³-hybridized carbons (Fsp3) is 0.250. The van der Waals surface area contributed by atoms with E-state index < -0.39 is 0 Å². The summed E-state index contributed by atoms with van der Waals surface area (Å²) < 4.78 is 12.9. The number of rotatable bonds is 6. The van der Waals surface area contributed by atoms with Crippen LogP contribution in [0.5, 0.6) is 11.5 Å². The zero-order valence-corrected chi connectivity index (χ0v) is 16.7. The number of para-hydroxylation sites is 2. The second-order valence-corrected chi connectivity index (χ2v) is 7.58. The molecule has 150 valence electrons. The zero-order valence-electron chi connectivity index (χ0n) is 15.9. The Morgan fingerprint density at radius 1 is 1.21 bits per heavy atom. The number of carbonyl (C=O) groups excluding carboxylic acids is 1. The van der Waals surface area contributed by atoms with E-state index in [1.165, 1.54) is 16.4 Å². The Morgan fingerprint density at radius 2 is 1.97 bits per heavy atom. The van der Waals surface area contributed by atoms with Crippen molar-refractivity contribution in [3.63, 3.8) is 0 Å². The lowest BCUT2D eigenvalue weighted by molar-refractivity contribution is -0.119. The molecule has 0 unspecified atom stereocenters. The molecule has 2 aromatic carbocycles. The monoisotopic (exact) mass is 411 g/mol. The Morgan fingerprint density at radius 3 is 2.76 bits per heavy atom. The molecular formula is C20H21N5O3S. The van der Waals surface area contributed by atoms with E-state index in [0.29, 0.717) is 29.9 Å². The van der Waals surface area contributed by atoms with Crippen molar-refractivity contribution in [2.24, 2.45) is 0 Å². The minimum absolute atomic E-state index is 0.141. The summed E-state index contributed by atoms with van der Waals surface area (Å²) in [4.78, 5) is 12.2. The van der Waals surface area contributed by atoms with E-state index in [1.807, 2.05) is 55.5 Å². The lowest BCUT2D eigenvalue weighted by Gasteiger charge is -2.26. The third-order valence-corrected chi connectivity index (χ3v) is 5.34. The summed E-state index contributed by atoms with van der Waals surface area (Å²) in [5.74, 6) is 8.09. The number of nitrogens with one attached hydrogen (secondary N) is 1. The Labute approximate surface area is 172 Å². The van der Waals surface area contributed by atoms with Crippen molar-refractivity contribution in [3.05, 3.63) is 54.1 Å². The van der Waals surface area contributed by atoms with Crippen molar-refractivity contribution in [3.8, 4) is 22.9 Å². The van der Waals surface area contributed by atoms with Gasteiger partial charge in [0.15, 0.2) is 17.3 Å². The first-order valence-corrected chi connectivity index (χ1v) is 10.1. The van der Waals surface area contributed by atoms with Gasteiger partial charge in [0.05, 0.1) is 12.3 Å². The molecule has 1 aromatic heterocycles.